The summed E-state index contributed by atoms with van der Waals surface area (Å²) in [6.07, 6.45) is 14.0. The highest BCUT2D eigenvalue weighted by molar-refractivity contribution is 5.76. The predicted octanol–water partition coefficient (Wildman–Crippen LogP) is 3.18. The molecule has 1 aliphatic heterocycles. The normalized spacial score (nSPS) is 36.2. The molecule has 5 heteroatoms. The first-order valence-electron chi connectivity index (χ1n) is 10.2. The molecule has 0 unspecified atom stereocenters. The van der Waals surface area contributed by atoms with E-state index < -0.39 is 0 Å². The van der Waals surface area contributed by atoms with Crippen LogP contribution in [0, 0.1) is 23.2 Å². The molecule has 5 atom stereocenters. The molecule has 142 valence electrons. The Balaban J connectivity index is 1.35. The number of nitrogens with zero attached hydrogens (tertiary/aromatic N) is 2. The van der Waals surface area contributed by atoms with Crippen molar-refractivity contribution in [3.8, 4) is 0 Å². The summed E-state index contributed by atoms with van der Waals surface area (Å²) >= 11 is 0. The number of ether oxygens (including phenoxy) is 1. The van der Waals surface area contributed by atoms with Gasteiger partial charge in [-0.3, -0.25) is 4.79 Å². The Kier molecular flexibility index (Phi) is 4.91. The molecule has 0 amide bonds. The summed E-state index contributed by atoms with van der Waals surface area (Å²) in [4.78, 5) is 16.5. The van der Waals surface area contributed by atoms with Crippen LogP contribution in [0.5, 0.6) is 0 Å². The van der Waals surface area contributed by atoms with Gasteiger partial charge < -0.3 is 14.6 Å². The smallest absolute Gasteiger partial charge is 0.311 e. The molecule has 0 spiro atoms. The van der Waals surface area contributed by atoms with Crippen LogP contribution in [0.1, 0.15) is 46.0 Å². The molecule has 1 aromatic heterocycles. The Morgan fingerprint density at radius 3 is 3.15 bits per heavy atom. The van der Waals surface area contributed by atoms with Gasteiger partial charge in [-0.25, -0.2) is 4.98 Å². The van der Waals surface area contributed by atoms with E-state index in [9.17, 15) is 4.79 Å². The number of esters is 1. The number of carbonyl (C=O) groups is 1. The fourth-order valence-electron chi connectivity index (χ4n) is 5.35. The first-order valence-corrected chi connectivity index (χ1v) is 10.2. The lowest BCUT2D eigenvalue weighted by Crippen LogP contribution is -2.40. The number of allylic oxidation sites excluding steroid dienone is 1. The second-order valence-corrected chi connectivity index (χ2v) is 8.70. The van der Waals surface area contributed by atoms with Gasteiger partial charge in [-0.15, -0.1) is 0 Å². The lowest BCUT2D eigenvalue weighted by molar-refractivity contribution is -0.145. The van der Waals surface area contributed by atoms with Gasteiger partial charge in [-0.05, 0) is 43.6 Å². The number of rotatable bonds is 6. The molecule has 0 radical (unpaired) electrons. The van der Waals surface area contributed by atoms with Crippen LogP contribution in [0.3, 0.4) is 0 Å². The standard InChI is InChI=1S/C21H31N3O2/c1-15-5-3-6-21(2)12-19-16(11-18(15)21)17(20(25)26-19)13-22-7-4-9-24-10-8-23-14-24/h8,10-11,14-17,19,22H,3-7,9,12-13H2,1-2H3/t15-,16-,17+,19-,21-/m1/s1. The van der Waals surface area contributed by atoms with Crippen molar-refractivity contribution in [2.45, 2.75) is 58.6 Å². The summed E-state index contributed by atoms with van der Waals surface area (Å²) < 4.78 is 7.89. The van der Waals surface area contributed by atoms with Gasteiger partial charge >= 0.3 is 5.97 Å². The largest absolute Gasteiger partial charge is 0.461 e. The molecule has 1 N–H and O–H groups in total. The van der Waals surface area contributed by atoms with Gasteiger partial charge in [0.25, 0.3) is 0 Å². The summed E-state index contributed by atoms with van der Waals surface area (Å²) in [5, 5.41) is 3.48. The molecule has 5 nitrogen and oxygen atoms in total. The summed E-state index contributed by atoms with van der Waals surface area (Å²) in [5.41, 5.74) is 1.83. The highest BCUT2D eigenvalue weighted by Crippen LogP contribution is 2.53. The maximum absolute atomic E-state index is 12.5. The third-order valence-corrected chi connectivity index (χ3v) is 6.77. The van der Waals surface area contributed by atoms with Gasteiger partial charge in [0.2, 0.25) is 0 Å². The van der Waals surface area contributed by atoms with Crippen LogP contribution in [-0.2, 0) is 16.1 Å². The van der Waals surface area contributed by atoms with Gasteiger partial charge in [-0.2, -0.15) is 0 Å². The number of aryl methyl sites for hydroxylation is 1. The molecule has 0 bridgehead atoms. The van der Waals surface area contributed by atoms with Gasteiger partial charge in [0, 0.05) is 31.4 Å². The van der Waals surface area contributed by atoms with E-state index in [0.717, 1.165) is 32.5 Å². The molecule has 4 rings (SSSR count). The Morgan fingerprint density at radius 1 is 1.46 bits per heavy atom. The Bertz CT molecular complexity index is 669. The summed E-state index contributed by atoms with van der Waals surface area (Å²) in [6, 6.07) is 0. The summed E-state index contributed by atoms with van der Waals surface area (Å²) in [5.74, 6) is 0.870. The number of hydrogen-bond acceptors (Lipinski definition) is 4. The molecule has 1 aromatic rings. The van der Waals surface area contributed by atoms with Gasteiger partial charge in [0.1, 0.15) is 6.10 Å². The monoisotopic (exact) mass is 357 g/mol. The van der Waals surface area contributed by atoms with Crippen LogP contribution in [0.4, 0.5) is 0 Å². The van der Waals surface area contributed by atoms with E-state index in [4.69, 9.17) is 4.74 Å². The molecule has 26 heavy (non-hydrogen) atoms. The maximum Gasteiger partial charge on any atom is 0.311 e. The van der Waals surface area contributed by atoms with Crippen molar-refractivity contribution in [2.24, 2.45) is 23.2 Å². The zero-order valence-corrected chi connectivity index (χ0v) is 16.0. The lowest BCUT2D eigenvalue weighted by atomic mass is 9.59. The first-order chi connectivity index (χ1) is 12.6. The van der Waals surface area contributed by atoms with Gasteiger partial charge in [0.05, 0.1) is 12.2 Å². The Hall–Kier alpha value is -1.62. The van der Waals surface area contributed by atoms with E-state index in [1.165, 1.54) is 19.3 Å². The van der Waals surface area contributed by atoms with Gasteiger partial charge in [-0.1, -0.05) is 31.9 Å². The Labute approximate surface area is 156 Å². The van der Waals surface area contributed by atoms with Crippen molar-refractivity contribution in [3.63, 3.8) is 0 Å². The molecular weight excluding hydrogens is 326 g/mol. The van der Waals surface area contributed by atoms with Crippen LogP contribution in [0.25, 0.3) is 0 Å². The van der Waals surface area contributed by atoms with Crippen molar-refractivity contribution >= 4 is 5.97 Å². The highest BCUT2D eigenvalue weighted by atomic mass is 16.6. The zero-order chi connectivity index (χ0) is 18.1. The highest BCUT2D eigenvalue weighted by Gasteiger charge is 2.51. The molecule has 2 heterocycles. The minimum absolute atomic E-state index is 0.00569. The molecule has 2 aliphatic carbocycles. The fraction of sp³-hybridized carbons (Fsp3) is 0.714. The zero-order valence-electron chi connectivity index (χ0n) is 16.0. The molecule has 3 aliphatic rings. The Morgan fingerprint density at radius 2 is 2.35 bits per heavy atom. The van der Waals surface area contributed by atoms with Crippen molar-refractivity contribution in [3.05, 3.63) is 30.4 Å². The van der Waals surface area contributed by atoms with Crippen LogP contribution in [0.15, 0.2) is 30.4 Å². The minimum atomic E-state index is -0.0283. The van der Waals surface area contributed by atoms with Crippen LogP contribution in [-0.4, -0.2) is 34.7 Å². The van der Waals surface area contributed by atoms with Crippen LogP contribution < -0.4 is 5.32 Å². The third kappa shape index (κ3) is 3.34. The molecular formula is C21H31N3O2. The first kappa shape index (κ1) is 17.8. The number of aromatic nitrogens is 2. The van der Waals surface area contributed by atoms with Crippen LogP contribution in [0.2, 0.25) is 0 Å². The number of fused-ring (bicyclic) bond motifs is 2. The van der Waals surface area contributed by atoms with Crippen molar-refractivity contribution in [1.29, 1.82) is 0 Å². The maximum atomic E-state index is 12.5. The predicted molar refractivity (Wildman–Crippen MR) is 100 cm³/mol. The minimum Gasteiger partial charge on any atom is -0.461 e. The van der Waals surface area contributed by atoms with E-state index in [1.54, 1.807) is 11.8 Å². The molecule has 1 saturated heterocycles. The van der Waals surface area contributed by atoms with E-state index in [2.05, 4.69) is 34.8 Å². The fourth-order valence-corrected chi connectivity index (χ4v) is 5.35. The van der Waals surface area contributed by atoms with E-state index in [1.807, 2.05) is 12.5 Å². The second-order valence-electron chi connectivity index (χ2n) is 8.70. The number of imidazole rings is 1. The number of hydrogen-bond donors (Lipinski definition) is 1. The van der Waals surface area contributed by atoms with Crippen molar-refractivity contribution < 1.29 is 9.53 Å². The molecule has 1 saturated carbocycles. The van der Waals surface area contributed by atoms with E-state index >= 15 is 0 Å². The summed E-state index contributed by atoms with van der Waals surface area (Å²) in [6.45, 7) is 7.31. The average Bonchev–Trinajstić information content (AvgIpc) is 3.21. The summed E-state index contributed by atoms with van der Waals surface area (Å²) in [7, 11) is 0. The topological polar surface area (TPSA) is 56.1 Å². The lowest BCUT2D eigenvalue weighted by Gasteiger charge is -2.46. The number of carbonyl (C=O) groups excluding carboxylic acids is 1. The van der Waals surface area contributed by atoms with E-state index in [0.29, 0.717) is 5.92 Å². The van der Waals surface area contributed by atoms with Crippen LogP contribution >= 0.6 is 0 Å². The average molecular weight is 357 g/mol. The SMILES string of the molecule is C[C@@H]1CCC[C@]2(C)C[C@H]3OC(=O)[C@@H](CNCCCn4ccnc4)[C@H]3C=C12. The quantitative estimate of drug-likeness (QED) is 0.483. The third-order valence-electron chi connectivity index (χ3n) is 6.77. The second kappa shape index (κ2) is 7.18. The van der Waals surface area contributed by atoms with E-state index in [-0.39, 0.29) is 29.3 Å². The number of nitrogens with one attached hydrogen (secondary N) is 1. The molecule has 2 fully saturated rings. The van der Waals surface area contributed by atoms with Gasteiger partial charge in [0.15, 0.2) is 0 Å². The van der Waals surface area contributed by atoms with Crippen molar-refractivity contribution in [1.82, 2.24) is 14.9 Å². The molecule has 0 aromatic carbocycles. The van der Waals surface area contributed by atoms with Crippen molar-refractivity contribution in [2.75, 3.05) is 13.1 Å².